The quantitative estimate of drug-likeness (QED) is 0.745. The van der Waals surface area contributed by atoms with Gasteiger partial charge in [0.15, 0.2) is 0 Å². The average molecular weight is 348 g/mol. The average Bonchev–Trinajstić information content (AvgIpc) is 3.24. The van der Waals surface area contributed by atoms with Crippen LogP contribution in [-0.4, -0.2) is 27.3 Å². The Kier molecular flexibility index (Phi) is 4.76. The van der Waals surface area contributed by atoms with Crippen LogP contribution in [0.2, 0.25) is 4.34 Å². The molecule has 2 N–H and O–H groups in total. The van der Waals surface area contributed by atoms with Crippen LogP contribution in [0, 0.1) is 0 Å². The molecule has 0 radical (unpaired) electrons. The number of nitrogens with zero attached hydrogens (tertiary/aromatic N) is 2. The molecule has 1 aromatic carbocycles. The molecule has 7 heteroatoms. The number of rotatable bonds is 5. The van der Waals surface area contributed by atoms with Crippen molar-refractivity contribution < 1.29 is 9.90 Å². The van der Waals surface area contributed by atoms with E-state index in [4.69, 9.17) is 11.6 Å². The van der Waals surface area contributed by atoms with Gasteiger partial charge in [0, 0.05) is 29.4 Å². The fraction of sp³-hybridized carbons (Fsp3) is 0.125. The lowest BCUT2D eigenvalue weighted by Gasteiger charge is -2.11. The highest BCUT2D eigenvalue weighted by atomic mass is 35.5. The summed E-state index contributed by atoms with van der Waals surface area (Å²) in [7, 11) is 0. The normalized spacial score (nSPS) is 12.1. The van der Waals surface area contributed by atoms with Crippen molar-refractivity contribution >= 4 is 28.8 Å². The molecule has 2 heterocycles. The van der Waals surface area contributed by atoms with Gasteiger partial charge in [0.05, 0.1) is 10.0 Å². The Bertz CT molecular complexity index is 801. The number of carbonyl (C=O) groups excluding carboxylic acids is 1. The van der Waals surface area contributed by atoms with E-state index in [1.807, 2.05) is 12.1 Å². The van der Waals surface area contributed by atoms with Crippen molar-refractivity contribution in [2.75, 3.05) is 6.54 Å². The lowest BCUT2D eigenvalue weighted by atomic mass is 10.2. The number of hydrogen-bond donors (Lipinski definition) is 2. The summed E-state index contributed by atoms with van der Waals surface area (Å²) in [5.41, 5.74) is 1.31. The number of amides is 1. The van der Waals surface area contributed by atoms with Crippen molar-refractivity contribution in [1.82, 2.24) is 15.1 Å². The minimum absolute atomic E-state index is 0.127. The second-order valence-corrected chi connectivity index (χ2v) is 6.62. The van der Waals surface area contributed by atoms with E-state index in [1.165, 1.54) is 11.3 Å². The Morgan fingerprint density at radius 3 is 2.91 bits per heavy atom. The number of carbonyl (C=O) groups is 1. The van der Waals surface area contributed by atoms with Gasteiger partial charge < -0.3 is 10.4 Å². The van der Waals surface area contributed by atoms with Crippen molar-refractivity contribution in [2.45, 2.75) is 6.10 Å². The van der Waals surface area contributed by atoms with Gasteiger partial charge in [0.2, 0.25) is 0 Å². The highest BCUT2D eigenvalue weighted by molar-refractivity contribution is 7.16. The second kappa shape index (κ2) is 6.95. The lowest BCUT2D eigenvalue weighted by molar-refractivity contribution is 0.0918. The van der Waals surface area contributed by atoms with Crippen LogP contribution in [0.15, 0.2) is 54.9 Å². The molecule has 3 rings (SSSR count). The monoisotopic (exact) mass is 347 g/mol. The molecule has 3 aromatic rings. The second-order valence-electron chi connectivity index (χ2n) is 4.87. The first-order valence-corrected chi connectivity index (χ1v) is 8.14. The summed E-state index contributed by atoms with van der Waals surface area (Å²) in [6, 6.07) is 12.4. The molecule has 0 aliphatic heterocycles. The molecule has 0 bridgehead atoms. The standard InChI is InChI=1S/C16H14ClN3O2S/c17-15-6-5-14(23-15)13(21)10-18-16(22)11-3-1-4-12(9-11)20-8-2-7-19-20/h1-9,13,21H,10H2,(H,18,22)/t13-/m1/s1. The SMILES string of the molecule is O=C(NC[C@@H](O)c1ccc(Cl)s1)c1cccc(-n2cccn2)c1. The first kappa shape index (κ1) is 15.7. The highest BCUT2D eigenvalue weighted by Gasteiger charge is 2.13. The van der Waals surface area contributed by atoms with Crippen molar-refractivity contribution in [3.63, 3.8) is 0 Å². The molecule has 0 aliphatic carbocycles. The zero-order valence-electron chi connectivity index (χ0n) is 12.0. The van der Waals surface area contributed by atoms with Crippen LogP contribution in [0.5, 0.6) is 0 Å². The Morgan fingerprint density at radius 2 is 2.22 bits per heavy atom. The molecule has 0 aliphatic rings. The van der Waals surface area contributed by atoms with Crippen molar-refractivity contribution in [3.05, 3.63) is 69.6 Å². The summed E-state index contributed by atoms with van der Waals surface area (Å²) in [5, 5.41) is 16.9. The fourth-order valence-electron chi connectivity index (χ4n) is 2.11. The minimum atomic E-state index is -0.772. The maximum atomic E-state index is 12.2. The van der Waals surface area contributed by atoms with E-state index in [0.717, 1.165) is 10.6 Å². The maximum absolute atomic E-state index is 12.2. The van der Waals surface area contributed by atoms with E-state index in [9.17, 15) is 9.90 Å². The molecule has 0 saturated carbocycles. The van der Waals surface area contributed by atoms with E-state index < -0.39 is 6.10 Å². The zero-order valence-corrected chi connectivity index (χ0v) is 13.6. The fourth-order valence-corrected chi connectivity index (χ4v) is 3.16. The third-order valence-electron chi connectivity index (χ3n) is 3.26. The summed E-state index contributed by atoms with van der Waals surface area (Å²) >= 11 is 7.14. The molecule has 2 aromatic heterocycles. The van der Waals surface area contributed by atoms with Crippen LogP contribution in [0.4, 0.5) is 0 Å². The van der Waals surface area contributed by atoms with Gasteiger partial charge in [-0.1, -0.05) is 17.7 Å². The van der Waals surface area contributed by atoms with Crippen LogP contribution in [-0.2, 0) is 0 Å². The van der Waals surface area contributed by atoms with Crippen LogP contribution in [0.1, 0.15) is 21.3 Å². The molecular weight excluding hydrogens is 334 g/mol. The summed E-state index contributed by atoms with van der Waals surface area (Å²) in [6.07, 6.45) is 2.71. The van der Waals surface area contributed by atoms with Gasteiger partial charge in [0.1, 0.15) is 6.10 Å². The van der Waals surface area contributed by atoms with Crippen LogP contribution in [0.25, 0.3) is 5.69 Å². The molecule has 0 saturated heterocycles. The van der Waals surface area contributed by atoms with E-state index in [0.29, 0.717) is 9.90 Å². The van der Waals surface area contributed by atoms with Gasteiger partial charge in [-0.05, 0) is 36.4 Å². The first-order chi connectivity index (χ1) is 11.1. The number of hydrogen-bond acceptors (Lipinski definition) is 4. The zero-order chi connectivity index (χ0) is 16.2. The molecule has 5 nitrogen and oxygen atoms in total. The number of thiophene rings is 1. The number of aromatic nitrogens is 2. The Morgan fingerprint density at radius 1 is 1.35 bits per heavy atom. The predicted octanol–water partition coefficient (Wildman–Crippen LogP) is 3.05. The third kappa shape index (κ3) is 3.79. The molecule has 0 spiro atoms. The van der Waals surface area contributed by atoms with E-state index in [-0.39, 0.29) is 12.5 Å². The molecule has 1 amide bonds. The van der Waals surface area contributed by atoms with Gasteiger partial charge in [-0.3, -0.25) is 4.79 Å². The van der Waals surface area contributed by atoms with Crippen LogP contribution < -0.4 is 5.32 Å². The number of halogens is 1. The largest absolute Gasteiger partial charge is 0.386 e. The number of nitrogens with one attached hydrogen (secondary N) is 1. The van der Waals surface area contributed by atoms with Gasteiger partial charge in [-0.15, -0.1) is 11.3 Å². The summed E-state index contributed by atoms with van der Waals surface area (Å²) in [6.45, 7) is 0.127. The number of aliphatic hydroxyl groups is 1. The van der Waals surface area contributed by atoms with Gasteiger partial charge in [-0.2, -0.15) is 5.10 Å². The number of aliphatic hydroxyl groups excluding tert-OH is 1. The highest BCUT2D eigenvalue weighted by Crippen LogP contribution is 2.26. The molecule has 23 heavy (non-hydrogen) atoms. The summed E-state index contributed by atoms with van der Waals surface area (Å²) in [4.78, 5) is 13.0. The van der Waals surface area contributed by atoms with Gasteiger partial charge >= 0.3 is 0 Å². The molecule has 0 fully saturated rings. The first-order valence-electron chi connectivity index (χ1n) is 6.95. The summed E-state index contributed by atoms with van der Waals surface area (Å²) < 4.78 is 2.29. The minimum Gasteiger partial charge on any atom is -0.386 e. The Balaban J connectivity index is 1.65. The predicted molar refractivity (Wildman–Crippen MR) is 90.2 cm³/mol. The van der Waals surface area contributed by atoms with E-state index >= 15 is 0 Å². The van der Waals surface area contributed by atoms with Gasteiger partial charge in [-0.25, -0.2) is 4.68 Å². The summed E-state index contributed by atoms with van der Waals surface area (Å²) in [5.74, 6) is -0.249. The lowest BCUT2D eigenvalue weighted by Crippen LogP contribution is -2.28. The Labute approximate surface area is 142 Å². The van der Waals surface area contributed by atoms with Crippen molar-refractivity contribution in [2.24, 2.45) is 0 Å². The molecule has 118 valence electrons. The van der Waals surface area contributed by atoms with Crippen LogP contribution in [0.3, 0.4) is 0 Å². The Hall–Kier alpha value is -2.15. The maximum Gasteiger partial charge on any atom is 0.251 e. The van der Waals surface area contributed by atoms with E-state index in [1.54, 1.807) is 47.4 Å². The van der Waals surface area contributed by atoms with E-state index in [2.05, 4.69) is 10.4 Å². The van der Waals surface area contributed by atoms with Crippen molar-refractivity contribution in [3.8, 4) is 5.69 Å². The molecular formula is C16H14ClN3O2S. The van der Waals surface area contributed by atoms with Crippen LogP contribution >= 0.6 is 22.9 Å². The third-order valence-corrected chi connectivity index (χ3v) is 4.59. The molecule has 0 unspecified atom stereocenters. The number of benzene rings is 1. The topological polar surface area (TPSA) is 67.2 Å². The van der Waals surface area contributed by atoms with Crippen molar-refractivity contribution in [1.29, 1.82) is 0 Å². The van der Waals surface area contributed by atoms with Gasteiger partial charge in [0.25, 0.3) is 5.91 Å². The smallest absolute Gasteiger partial charge is 0.251 e. The molecule has 1 atom stereocenters.